The van der Waals surface area contributed by atoms with Crippen LogP contribution in [0.2, 0.25) is 0 Å². The smallest absolute Gasteiger partial charge is 0.223 e. The zero-order valence-corrected chi connectivity index (χ0v) is 9.82. The molecule has 0 aliphatic heterocycles. The lowest BCUT2D eigenvalue weighted by Crippen LogP contribution is -2.35. The summed E-state index contributed by atoms with van der Waals surface area (Å²) in [6.45, 7) is 0. The summed E-state index contributed by atoms with van der Waals surface area (Å²) in [4.78, 5) is 12.2. The van der Waals surface area contributed by atoms with Gasteiger partial charge in [-0.1, -0.05) is 12.8 Å². The van der Waals surface area contributed by atoms with Crippen LogP contribution in [0.4, 0.5) is 0 Å². The van der Waals surface area contributed by atoms with Gasteiger partial charge in [0.1, 0.15) is 0 Å². The predicted molar refractivity (Wildman–Crippen MR) is 61.7 cm³/mol. The summed E-state index contributed by atoms with van der Waals surface area (Å²) in [5.41, 5.74) is 0. The van der Waals surface area contributed by atoms with Crippen molar-refractivity contribution in [2.45, 2.75) is 51.0 Å². The predicted octanol–water partition coefficient (Wildman–Crippen LogP) is 2.34. The summed E-state index contributed by atoms with van der Waals surface area (Å²) < 4.78 is 0. The molecule has 1 N–H and O–H groups in total. The van der Waals surface area contributed by atoms with Crippen molar-refractivity contribution in [1.82, 2.24) is 5.32 Å². The first-order valence-corrected chi connectivity index (χ1v) is 7.15. The molecule has 0 aromatic carbocycles. The Morgan fingerprint density at radius 3 is 2.19 bits per heavy atom. The van der Waals surface area contributed by atoms with E-state index >= 15 is 0 Å². The Morgan fingerprint density at radius 1 is 0.938 bits per heavy atom. The number of hydrogen-bond donors (Lipinski definition) is 1. The lowest BCUT2D eigenvalue weighted by Gasteiger charge is -2.14. The van der Waals surface area contributed by atoms with Crippen molar-refractivity contribution in [3.8, 4) is 0 Å². The molecule has 2 heteroatoms. The lowest BCUT2D eigenvalue weighted by molar-refractivity contribution is -0.124. The molecule has 4 fully saturated rings. The number of carbonyl (C=O) groups excluding carboxylic acids is 1. The minimum absolute atomic E-state index is 0.415. The highest BCUT2D eigenvalue weighted by Gasteiger charge is 2.67. The van der Waals surface area contributed by atoms with E-state index in [1.807, 2.05) is 0 Å². The number of nitrogens with one attached hydrogen (secondary N) is 1. The average Bonchev–Trinajstić information content (AvgIpc) is 2.73. The zero-order chi connectivity index (χ0) is 10.7. The molecule has 4 aliphatic carbocycles. The van der Waals surface area contributed by atoms with Gasteiger partial charge in [0.05, 0.1) is 0 Å². The van der Waals surface area contributed by atoms with Gasteiger partial charge < -0.3 is 5.32 Å². The van der Waals surface area contributed by atoms with Crippen molar-refractivity contribution < 1.29 is 4.79 Å². The van der Waals surface area contributed by atoms with Crippen molar-refractivity contribution in [2.75, 3.05) is 0 Å². The number of carbonyl (C=O) groups is 1. The maximum Gasteiger partial charge on any atom is 0.223 e. The van der Waals surface area contributed by atoms with Crippen LogP contribution in [0.1, 0.15) is 44.9 Å². The first-order valence-electron chi connectivity index (χ1n) is 7.15. The molecule has 0 saturated heterocycles. The van der Waals surface area contributed by atoms with Crippen LogP contribution in [0.3, 0.4) is 0 Å². The Balaban J connectivity index is 1.39. The first-order chi connectivity index (χ1) is 7.84. The maximum absolute atomic E-state index is 12.2. The van der Waals surface area contributed by atoms with Gasteiger partial charge in [-0.2, -0.15) is 0 Å². The van der Waals surface area contributed by atoms with Crippen molar-refractivity contribution in [3.05, 3.63) is 0 Å². The van der Waals surface area contributed by atoms with Crippen LogP contribution in [-0.4, -0.2) is 11.9 Å². The minimum Gasteiger partial charge on any atom is -0.353 e. The van der Waals surface area contributed by atoms with E-state index in [-0.39, 0.29) is 0 Å². The molecule has 1 amide bonds. The van der Waals surface area contributed by atoms with E-state index in [1.165, 1.54) is 44.9 Å². The van der Waals surface area contributed by atoms with E-state index in [0.717, 1.165) is 23.7 Å². The van der Waals surface area contributed by atoms with Crippen molar-refractivity contribution in [2.24, 2.45) is 29.6 Å². The van der Waals surface area contributed by atoms with Gasteiger partial charge in [-0.25, -0.2) is 0 Å². The van der Waals surface area contributed by atoms with Gasteiger partial charge in [-0.15, -0.1) is 0 Å². The lowest BCUT2D eigenvalue weighted by atomic mass is 10.0. The fourth-order valence-electron chi connectivity index (χ4n) is 5.04. The standard InChI is InChI=1S/C14H21NO/c16-14(15-10-3-1-2-4-10)13-11-8-5-6-9(7-8)12(11)13/h8-13H,1-7H2,(H,15,16). The molecule has 88 valence electrons. The molecule has 4 atom stereocenters. The van der Waals surface area contributed by atoms with E-state index in [1.54, 1.807) is 0 Å². The third kappa shape index (κ3) is 1.22. The van der Waals surface area contributed by atoms with E-state index < -0.39 is 0 Å². The summed E-state index contributed by atoms with van der Waals surface area (Å²) in [6.07, 6.45) is 9.35. The Morgan fingerprint density at radius 2 is 1.56 bits per heavy atom. The Bertz CT molecular complexity index is 305. The molecular formula is C14H21NO. The van der Waals surface area contributed by atoms with Crippen LogP contribution in [0.15, 0.2) is 0 Å². The molecule has 0 radical (unpaired) electrons. The SMILES string of the molecule is O=C(NC1CCCC1)C1C2C3CCC(C3)C12. The molecule has 4 aliphatic rings. The fraction of sp³-hybridized carbons (Fsp3) is 0.929. The molecular weight excluding hydrogens is 198 g/mol. The number of amides is 1. The largest absolute Gasteiger partial charge is 0.353 e. The van der Waals surface area contributed by atoms with Crippen LogP contribution in [0, 0.1) is 29.6 Å². The molecule has 16 heavy (non-hydrogen) atoms. The van der Waals surface area contributed by atoms with Gasteiger partial charge in [-0.3, -0.25) is 4.79 Å². The minimum atomic E-state index is 0.415. The van der Waals surface area contributed by atoms with Gasteiger partial charge >= 0.3 is 0 Å². The second kappa shape index (κ2) is 3.24. The molecule has 0 aromatic heterocycles. The zero-order valence-electron chi connectivity index (χ0n) is 9.82. The highest BCUT2D eigenvalue weighted by atomic mass is 16.2. The summed E-state index contributed by atoms with van der Waals surface area (Å²) >= 11 is 0. The second-order valence-electron chi connectivity index (χ2n) is 6.50. The molecule has 4 saturated carbocycles. The van der Waals surface area contributed by atoms with Gasteiger partial charge in [-0.05, 0) is 55.8 Å². The Kier molecular flexibility index (Phi) is 1.92. The van der Waals surface area contributed by atoms with Gasteiger partial charge in [0.15, 0.2) is 0 Å². The average molecular weight is 219 g/mol. The van der Waals surface area contributed by atoms with Gasteiger partial charge in [0.25, 0.3) is 0 Å². The Hall–Kier alpha value is -0.530. The first kappa shape index (κ1) is 9.49. The number of hydrogen-bond acceptors (Lipinski definition) is 1. The van der Waals surface area contributed by atoms with Crippen LogP contribution in [0.5, 0.6) is 0 Å². The molecule has 0 aromatic rings. The van der Waals surface area contributed by atoms with E-state index in [0.29, 0.717) is 17.9 Å². The van der Waals surface area contributed by atoms with E-state index in [4.69, 9.17) is 0 Å². The maximum atomic E-state index is 12.2. The molecule has 0 spiro atoms. The topological polar surface area (TPSA) is 29.1 Å². The van der Waals surface area contributed by atoms with Crippen LogP contribution in [-0.2, 0) is 4.79 Å². The molecule has 4 rings (SSSR count). The van der Waals surface area contributed by atoms with Crippen LogP contribution < -0.4 is 5.32 Å². The van der Waals surface area contributed by atoms with Gasteiger partial charge in [0, 0.05) is 12.0 Å². The monoisotopic (exact) mass is 219 g/mol. The van der Waals surface area contributed by atoms with Crippen molar-refractivity contribution in [1.29, 1.82) is 0 Å². The summed E-state index contributed by atoms with van der Waals surface area (Å²) in [5, 5.41) is 3.30. The molecule has 2 bridgehead atoms. The van der Waals surface area contributed by atoms with E-state index in [9.17, 15) is 4.79 Å². The van der Waals surface area contributed by atoms with Crippen LogP contribution >= 0.6 is 0 Å². The molecule has 2 nitrogen and oxygen atoms in total. The summed E-state index contributed by atoms with van der Waals surface area (Å²) in [5.74, 6) is 4.31. The fourth-order valence-corrected chi connectivity index (χ4v) is 5.04. The molecule has 4 unspecified atom stereocenters. The van der Waals surface area contributed by atoms with E-state index in [2.05, 4.69) is 5.32 Å². The summed E-state index contributed by atoms with van der Waals surface area (Å²) in [6, 6.07) is 0.520. The third-order valence-electron chi connectivity index (χ3n) is 5.74. The van der Waals surface area contributed by atoms with Crippen molar-refractivity contribution in [3.63, 3.8) is 0 Å². The quantitative estimate of drug-likeness (QED) is 0.759. The Labute approximate surface area is 97.2 Å². The molecule has 0 heterocycles. The third-order valence-corrected chi connectivity index (χ3v) is 5.74. The van der Waals surface area contributed by atoms with Crippen molar-refractivity contribution >= 4 is 5.91 Å². The number of fused-ring (bicyclic) bond motifs is 5. The number of rotatable bonds is 2. The summed E-state index contributed by atoms with van der Waals surface area (Å²) in [7, 11) is 0. The highest BCUT2D eigenvalue weighted by molar-refractivity contribution is 5.83. The second-order valence-corrected chi connectivity index (χ2v) is 6.50. The van der Waals surface area contributed by atoms with Crippen LogP contribution in [0.25, 0.3) is 0 Å². The highest BCUT2D eigenvalue weighted by Crippen LogP contribution is 2.69. The van der Waals surface area contributed by atoms with Gasteiger partial charge in [0.2, 0.25) is 5.91 Å². The normalized spacial score (nSPS) is 49.4.